The summed E-state index contributed by atoms with van der Waals surface area (Å²) in [5.41, 5.74) is 6.60. The lowest BCUT2D eigenvalue weighted by molar-refractivity contribution is 0.435. The molecule has 1 spiro atoms. The van der Waals surface area contributed by atoms with Crippen LogP contribution in [0.4, 0.5) is 0 Å². The zero-order valence-corrected chi connectivity index (χ0v) is 27.9. The van der Waals surface area contributed by atoms with Gasteiger partial charge in [-0.1, -0.05) is 103 Å². The minimum atomic E-state index is -3.45. The number of ether oxygens (including phenoxy) is 1. The lowest BCUT2D eigenvalue weighted by Crippen LogP contribution is -2.47. The van der Waals surface area contributed by atoms with E-state index in [4.69, 9.17) is 9.15 Å². The lowest BCUT2D eigenvalue weighted by atomic mass is 9.63. The maximum absolute atomic E-state index is 16.2. The fourth-order valence-corrected chi connectivity index (χ4v) is 11.5. The van der Waals surface area contributed by atoms with Crippen LogP contribution in [-0.2, 0) is 9.98 Å². The summed E-state index contributed by atoms with van der Waals surface area (Å²) < 4.78 is 29.5. The van der Waals surface area contributed by atoms with Crippen LogP contribution in [0.3, 0.4) is 0 Å². The number of para-hydroxylation sites is 2. The molecule has 0 saturated heterocycles. The van der Waals surface area contributed by atoms with Crippen LogP contribution in [0.5, 0.6) is 11.5 Å². The van der Waals surface area contributed by atoms with E-state index in [-0.39, 0.29) is 0 Å². The van der Waals surface area contributed by atoms with Crippen LogP contribution in [0.15, 0.2) is 156 Å². The first-order valence-corrected chi connectivity index (χ1v) is 18.3. The van der Waals surface area contributed by atoms with E-state index in [0.29, 0.717) is 28.2 Å². The van der Waals surface area contributed by atoms with Crippen molar-refractivity contribution in [3.05, 3.63) is 185 Å². The minimum Gasteiger partial charge on any atom is -0.457 e. The highest BCUT2D eigenvalue weighted by Gasteiger charge is 2.55. The summed E-state index contributed by atoms with van der Waals surface area (Å²) in [6, 6.07) is 53.8. The molecule has 51 heavy (non-hydrogen) atoms. The fourth-order valence-electron chi connectivity index (χ4n) is 8.31. The smallest absolute Gasteiger partial charge is 0.171 e. The maximum atomic E-state index is 16.2. The average Bonchev–Trinajstić information content (AvgIpc) is 3.56. The molecule has 0 fully saturated rings. The Morgan fingerprint density at radius 3 is 2.00 bits per heavy atom. The monoisotopic (exact) mass is 672 g/mol. The Balaban J connectivity index is 1.37. The zero-order valence-electron chi connectivity index (χ0n) is 27.0. The molecule has 6 heteroatoms. The SMILES string of the molecule is N#Cc1cc(C#N)cc(-c2ccc3c(c2)Oc2ccccc2C32c3ccccc3P(=O)(c3ccccc3)c3cc4oc5ccccc5c4cc32)c1. The highest BCUT2D eigenvalue weighted by molar-refractivity contribution is 7.85. The molecule has 0 amide bonds. The molecule has 0 saturated carbocycles. The van der Waals surface area contributed by atoms with Gasteiger partial charge in [0.1, 0.15) is 22.7 Å². The number of hydrogen-bond donors (Lipinski definition) is 0. The van der Waals surface area contributed by atoms with Gasteiger partial charge >= 0.3 is 0 Å². The van der Waals surface area contributed by atoms with Crippen LogP contribution < -0.4 is 20.7 Å². The van der Waals surface area contributed by atoms with Crippen molar-refractivity contribution >= 4 is 45.0 Å². The molecule has 2 atom stereocenters. The van der Waals surface area contributed by atoms with Crippen molar-refractivity contribution in [1.29, 1.82) is 10.5 Å². The standard InChI is InChI=1S/C45H25N2O3P/c46-26-28-20-29(27-47)22-31(21-28)30-18-19-36-42(23-30)50-40-16-8-5-13-35(40)45(36)37-14-6-9-17-43(37)51(48,32-10-2-1-3-11-32)44-25-41-34(24-38(44)45)33-12-4-7-15-39(33)49-41/h1-25H. The van der Waals surface area contributed by atoms with Gasteiger partial charge in [-0.2, -0.15) is 10.5 Å². The number of furan rings is 1. The summed E-state index contributed by atoms with van der Waals surface area (Å²) in [6.45, 7) is 0. The third-order valence-electron chi connectivity index (χ3n) is 10.4. The van der Waals surface area contributed by atoms with Gasteiger partial charge in [-0.15, -0.1) is 0 Å². The van der Waals surface area contributed by atoms with Crippen molar-refractivity contribution in [3.8, 4) is 34.8 Å². The van der Waals surface area contributed by atoms with E-state index < -0.39 is 12.6 Å². The number of fused-ring (bicyclic) bond motifs is 11. The molecule has 0 radical (unpaired) electrons. The van der Waals surface area contributed by atoms with Gasteiger partial charge in [0.15, 0.2) is 7.14 Å². The maximum Gasteiger partial charge on any atom is 0.171 e. The summed E-state index contributed by atoms with van der Waals surface area (Å²) >= 11 is 0. The molecule has 1 aromatic heterocycles. The zero-order chi connectivity index (χ0) is 34.3. The normalized spacial score (nSPS) is 18.2. The van der Waals surface area contributed by atoms with Gasteiger partial charge < -0.3 is 13.7 Å². The van der Waals surface area contributed by atoms with Crippen molar-refractivity contribution in [1.82, 2.24) is 0 Å². The molecule has 8 aromatic rings. The highest BCUT2D eigenvalue weighted by Crippen LogP contribution is 2.62. The minimum absolute atomic E-state index is 0.410. The first-order chi connectivity index (χ1) is 25.0. The topological polar surface area (TPSA) is 87.0 Å². The largest absolute Gasteiger partial charge is 0.457 e. The molecular weight excluding hydrogens is 647 g/mol. The first-order valence-electron chi connectivity index (χ1n) is 16.6. The Kier molecular flexibility index (Phi) is 6.13. The van der Waals surface area contributed by atoms with Crippen LogP contribution in [0, 0.1) is 22.7 Å². The second-order valence-corrected chi connectivity index (χ2v) is 15.7. The number of rotatable bonds is 2. The molecular formula is C45H25N2O3P. The van der Waals surface area contributed by atoms with E-state index in [1.165, 1.54) is 0 Å². The third kappa shape index (κ3) is 3.93. The van der Waals surface area contributed by atoms with E-state index in [9.17, 15) is 10.5 Å². The Morgan fingerprint density at radius 2 is 1.20 bits per heavy atom. The molecule has 5 nitrogen and oxygen atoms in total. The molecule has 10 rings (SSSR count). The Labute approximate surface area is 293 Å². The highest BCUT2D eigenvalue weighted by atomic mass is 31.2. The predicted molar refractivity (Wildman–Crippen MR) is 200 cm³/mol. The van der Waals surface area contributed by atoms with Crippen molar-refractivity contribution in [2.45, 2.75) is 5.41 Å². The quantitative estimate of drug-likeness (QED) is 0.171. The average molecular weight is 673 g/mol. The summed E-state index contributed by atoms with van der Waals surface area (Å²) in [4.78, 5) is 0. The van der Waals surface area contributed by atoms with Gasteiger partial charge in [0.2, 0.25) is 0 Å². The molecule has 7 aromatic carbocycles. The van der Waals surface area contributed by atoms with Gasteiger partial charge in [0.05, 0.1) is 28.7 Å². The van der Waals surface area contributed by atoms with Crippen molar-refractivity contribution < 1.29 is 13.7 Å². The van der Waals surface area contributed by atoms with E-state index in [1.807, 2.05) is 103 Å². The summed E-state index contributed by atoms with van der Waals surface area (Å²) in [5, 5.41) is 23.6. The van der Waals surface area contributed by atoms with Crippen molar-refractivity contribution in [3.63, 3.8) is 0 Å². The van der Waals surface area contributed by atoms with Crippen molar-refractivity contribution in [2.24, 2.45) is 0 Å². The van der Waals surface area contributed by atoms with E-state index in [2.05, 4.69) is 42.5 Å². The third-order valence-corrected chi connectivity index (χ3v) is 13.6. The molecule has 0 bridgehead atoms. The van der Waals surface area contributed by atoms with Crippen LogP contribution in [0.2, 0.25) is 0 Å². The molecule has 2 aliphatic rings. The second kappa shape index (κ2) is 10.7. The summed E-state index contributed by atoms with van der Waals surface area (Å²) in [7, 11) is -3.45. The van der Waals surface area contributed by atoms with E-state index in [0.717, 1.165) is 65.6 Å². The van der Waals surface area contributed by atoms with Gasteiger partial charge in [0.25, 0.3) is 0 Å². The van der Waals surface area contributed by atoms with Gasteiger partial charge in [0, 0.05) is 37.8 Å². The Bertz CT molecular complexity index is 2880. The van der Waals surface area contributed by atoms with E-state index >= 15 is 4.57 Å². The first kappa shape index (κ1) is 29.3. The van der Waals surface area contributed by atoms with Crippen LogP contribution >= 0.6 is 7.14 Å². The summed E-state index contributed by atoms with van der Waals surface area (Å²) in [5.74, 6) is 1.33. The molecule has 0 aliphatic carbocycles. The fraction of sp³-hybridized carbons (Fsp3) is 0.0222. The van der Waals surface area contributed by atoms with Gasteiger partial charge in [-0.05, 0) is 70.8 Å². The van der Waals surface area contributed by atoms with Crippen LogP contribution in [0.25, 0.3) is 33.1 Å². The van der Waals surface area contributed by atoms with Crippen LogP contribution in [-0.4, -0.2) is 0 Å². The predicted octanol–water partition coefficient (Wildman–Crippen LogP) is 9.44. The van der Waals surface area contributed by atoms with Crippen LogP contribution in [0.1, 0.15) is 33.4 Å². The molecule has 2 unspecified atom stereocenters. The number of nitriles is 2. The van der Waals surface area contributed by atoms with Gasteiger partial charge in [-0.25, -0.2) is 0 Å². The molecule has 238 valence electrons. The van der Waals surface area contributed by atoms with E-state index in [1.54, 1.807) is 18.2 Å². The Morgan fingerprint density at radius 1 is 0.510 bits per heavy atom. The molecule has 2 aliphatic heterocycles. The number of hydrogen-bond acceptors (Lipinski definition) is 5. The second-order valence-electron chi connectivity index (χ2n) is 13.0. The number of benzene rings is 7. The Hall–Kier alpha value is -6.65. The van der Waals surface area contributed by atoms with Gasteiger partial charge in [-0.3, -0.25) is 0 Å². The molecule has 3 heterocycles. The van der Waals surface area contributed by atoms with Crippen molar-refractivity contribution in [2.75, 3.05) is 0 Å². The summed E-state index contributed by atoms with van der Waals surface area (Å²) in [6.07, 6.45) is 0. The lowest BCUT2D eigenvalue weighted by Gasteiger charge is -2.47. The number of nitrogens with zero attached hydrogens (tertiary/aromatic N) is 2. The molecule has 0 N–H and O–H groups in total.